The Morgan fingerprint density at radius 3 is 2.42 bits per heavy atom. The number of hydrogen-bond acceptors (Lipinski definition) is 6. The number of amides is 1. The molecule has 3 rings (SSSR count). The van der Waals surface area contributed by atoms with E-state index in [1.54, 1.807) is 19.2 Å². The monoisotopic (exact) mass is 352 g/mol. The Morgan fingerprint density at radius 2 is 1.81 bits per heavy atom. The summed E-state index contributed by atoms with van der Waals surface area (Å²) in [5.74, 6) is 1.37. The first-order valence-electron chi connectivity index (χ1n) is 8.09. The van der Waals surface area contributed by atoms with Gasteiger partial charge in [0.25, 0.3) is 11.8 Å². The smallest absolute Gasteiger partial charge is 0.257 e. The first kappa shape index (κ1) is 17.5. The number of anilines is 1. The Bertz CT molecular complexity index is 871. The fourth-order valence-corrected chi connectivity index (χ4v) is 2.35. The van der Waals surface area contributed by atoms with Crippen LogP contribution in [0.1, 0.15) is 16.2 Å². The number of nitrogens with zero attached hydrogens (tertiary/aromatic N) is 3. The molecule has 0 aliphatic rings. The Balaban J connectivity index is 1.61. The molecule has 7 heteroatoms. The van der Waals surface area contributed by atoms with Crippen LogP contribution < -0.4 is 15.0 Å². The molecule has 2 aromatic carbocycles. The zero-order valence-corrected chi connectivity index (χ0v) is 14.9. The van der Waals surface area contributed by atoms with Crippen molar-refractivity contribution in [3.05, 3.63) is 59.9 Å². The van der Waals surface area contributed by atoms with E-state index in [-0.39, 0.29) is 12.5 Å². The molecule has 0 spiro atoms. The van der Waals surface area contributed by atoms with Gasteiger partial charge in [-0.1, -0.05) is 5.16 Å². The maximum Gasteiger partial charge on any atom is 0.257 e. The number of carbonyl (C=O) groups is 1. The van der Waals surface area contributed by atoms with Crippen LogP contribution in [0, 0.1) is 0 Å². The highest BCUT2D eigenvalue weighted by Gasteiger charge is 2.11. The summed E-state index contributed by atoms with van der Waals surface area (Å²) in [6, 6.07) is 14.7. The first-order chi connectivity index (χ1) is 12.6. The van der Waals surface area contributed by atoms with Crippen molar-refractivity contribution in [1.29, 1.82) is 0 Å². The van der Waals surface area contributed by atoms with Gasteiger partial charge in [-0.2, -0.15) is 4.98 Å². The summed E-state index contributed by atoms with van der Waals surface area (Å²) in [5.41, 5.74) is 2.40. The number of carbonyl (C=O) groups excluding carboxylic acids is 1. The molecule has 1 amide bonds. The highest BCUT2D eigenvalue weighted by Crippen LogP contribution is 2.20. The minimum Gasteiger partial charge on any atom is -0.497 e. The number of nitrogens with one attached hydrogen (secondary N) is 1. The van der Waals surface area contributed by atoms with Crippen LogP contribution in [0.3, 0.4) is 0 Å². The quantitative estimate of drug-likeness (QED) is 0.735. The fraction of sp³-hybridized carbons (Fsp3) is 0.211. The first-order valence-corrected chi connectivity index (χ1v) is 8.09. The average Bonchev–Trinajstić information content (AvgIpc) is 3.15. The van der Waals surface area contributed by atoms with E-state index in [0.717, 1.165) is 17.0 Å². The molecule has 0 unspecified atom stereocenters. The maximum absolute atomic E-state index is 12.2. The molecule has 0 atom stereocenters. The number of rotatable bonds is 6. The summed E-state index contributed by atoms with van der Waals surface area (Å²) < 4.78 is 10.4. The molecule has 0 radical (unpaired) electrons. The highest BCUT2D eigenvalue weighted by molar-refractivity contribution is 5.94. The van der Waals surface area contributed by atoms with Crippen LogP contribution in [-0.2, 0) is 6.54 Å². The summed E-state index contributed by atoms with van der Waals surface area (Å²) in [5, 5.41) is 6.69. The predicted octanol–water partition coefficient (Wildman–Crippen LogP) is 2.74. The van der Waals surface area contributed by atoms with E-state index in [1.807, 2.05) is 55.4 Å². The van der Waals surface area contributed by atoms with E-state index in [2.05, 4.69) is 15.5 Å². The van der Waals surface area contributed by atoms with Gasteiger partial charge in [0, 0.05) is 30.9 Å². The summed E-state index contributed by atoms with van der Waals surface area (Å²) in [6.07, 6.45) is 0. The number of hydrogen-bond donors (Lipinski definition) is 1. The van der Waals surface area contributed by atoms with Crippen molar-refractivity contribution < 1.29 is 14.1 Å². The number of methoxy groups -OCH3 is 1. The molecule has 0 fully saturated rings. The zero-order valence-electron chi connectivity index (χ0n) is 14.9. The molecule has 1 aromatic heterocycles. The Kier molecular flexibility index (Phi) is 5.17. The van der Waals surface area contributed by atoms with Crippen LogP contribution in [-0.4, -0.2) is 37.3 Å². The fourth-order valence-electron chi connectivity index (χ4n) is 2.35. The normalized spacial score (nSPS) is 10.4. The molecule has 26 heavy (non-hydrogen) atoms. The van der Waals surface area contributed by atoms with Gasteiger partial charge < -0.3 is 19.5 Å². The van der Waals surface area contributed by atoms with Crippen molar-refractivity contribution in [2.24, 2.45) is 0 Å². The van der Waals surface area contributed by atoms with Crippen molar-refractivity contribution in [3.63, 3.8) is 0 Å². The van der Waals surface area contributed by atoms with Gasteiger partial charge in [0.1, 0.15) is 5.75 Å². The van der Waals surface area contributed by atoms with E-state index < -0.39 is 0 Å². The van der Waals surface area contributed by atoms with Gasteiger partial charge in [-0.3, -0.25) is 4.79 Å². The van der Waals surface area contributed by atoms with Gasteiger partial charge in [-0.25, -0.2) is 0 Å². The third kappa shape index (κ3) is 4.00. The Morgan fingerprint density at radius 1 is 1.12 bits per heavy atom. The Hall–Kier alpha value is -3.35. The molecule has 0 aliphatic carbocycles. The van der Waals surface area contributed by atoms with Crippen LogP contribution >= 0.6 is 0 Å². The van der Waals surface area contributed by atoms with Gasteiger partial charge in [-0.05, 0) is 48.5 Å². The molecule has 3 aromatic rings. The molecule has 1 N–H and O–H groups in total. The zero-order chi connectivity index (χ0) is 18.5. The lowest BCUT2D eigenvalue weighted by molar-refractivity contribution is 0.0949. The standard InChI is InChI=1S/C19H20N4O3/c1-23(2)15-8-4-13(5-9-15)18(24)20-12-17-21-19(26-22-17)14-6-10-16(25-3)11-7-14/h4-11H,12H2,1-3H3,(H,20,24). The van der Waals surface area contributed by atoms with Crippen LogP contribution in [0.2, 0.25) is 0 Å². The molecule has 7 nitrogen and oxygen atoms in total. The summed E-state index contributed by atoms with van der Waals surface area (Å²) in [6.45, 7) is 0.188. The molecule has 1 heterocycles. The molecular weight excluding hydrogens is 332 g/mol. The number of aromatic nitrogens is 2. The number of ether oxygens (including phenoxy) is 1. The van der Waals surface area contributed by atoms with E-state index >= 15 is 0 Å². The van der Waals surface area contributed by atoms with Gasteiger partial charge in [0.05, 0.1) is 13.7 Å². The SMILES string of the molecule is COc1ccc(-c2nc(CNC(=O)c3ccc(N(C)C)cc3)no2)cc1. The maximum atomic E-state index is 12.2. The minimum atomic E-state index is -0.189. The van der Waals surface area contributed by atoms with E-state index in [1.165, 1.54) is 0 Å². The van der Waals surface area contributed by atoms with Crippen LogP contribution in [0.4, 0.5) is 5.69 Å². The molecule has 0 bridgehead atoms. The van der Waals surface area contributed by atoms with Crippen molar-refractivity contribution in [3.8, 4) is 17.2 Å². The third-order valence-electron chi connectivity index (χ3n) is 3.86. The van der Waals surface area contributed by atoms with E-state index in [9.17, 15) is 4.79 Å². The van der Waals surface area contributed by atoms with Gasteiger partial charge in [-0.15, -0.1) is 0 Å². The van der Waals surface area contributed by atoms with Crippen molar-refractivity contribution in [2.75, 3.05) is 26.1 Å². The third-order valence-corrected chi connectivity index (χ3v) is 3.86. The van der Waals surface area contributed by atoms with Gasteiger partial charge in [0.15, 0.2) is 5.82 Å². The molecule has 0 saturated carbocycles. The molecular formula is C19H20N4O3. The number of benzene rings is 2. The topological polar surface area (TPSA) is 80.5 Å². The summed E-state index contributed by atoms with van der Waals surface area (Å²) >= 11 is 0. The van der Waals surface area contributed by atoms with Gasteiger partial charge >= 0.3 is 0 Å². The molecule has 0 saturated heterocycles. The average molecular weight is 352 g/mol. The lowest BCUT2D eigenvalue weighted by Crippen LogP contribution is -2.23. The lowest BCUT2D eigenvalue weighted by atomic mass is 10.2. The van der Waals surface area contributed by atoms with Crippen molar-refractivity contribution >= 4 is 11.6 Å². The second-order valence-electron chi connectivity index (χ2n) is 5.87. The summed E-state index contributed by atoms with van der Waals surface area (Å²) in [7, 11) is 5.51. The van der Waals surface area contributed by atoms with Crippen LogP contribution in [0.15, 0.2) is 53.1 Å². The second kappa shape index (κ2) is 7.69. The van der Waals surface area contributed by atoms with E-state index in [4.69, 9.17) is 9.26 Å². The molecule has 0 aliphatic heterocycles. The van der Waals surface area contributed by atoms with Crippen molar-refractivity contribution in [2.45, 2.75) is 6.54 Å². The lowest BCUT2D eigenvalue weighted by Gasteiger charge is -2.12. The largest absolute Gasteiger partial charge is 0.497 e. The highest BCUT2D eigenvalue weighted by atomic mass is 16.5. The van der Waals surface area contributed by atoms with Crippen LogP contribution in [0.5, 0.6) is 5.75 Å². The Labute approximate surface area is 151 Å². The second-order valence-corrected chi connectivity index (χ2v) is 5.87. The summed E-state index contributed by atoms with van der Waals surface area (Å²) in [4.78, 5) is 18.5. The van der Waals surface area contributed by atoms with E-state index in [0.29, 0.717) is 17.3 Å². The van der Waals surface area contributed by atoms with Gasteiger partial charge in [0.2, 0.25) is 0 Å². The minimum absolute atomic E-state index is 0.188. The molecule has 134 valence electrons. The predicted molar refractivity (Wildman–Crippen MR) is 98.2 cm³/mol. The van der Waals surface area contributed by atoms with Crippen molar-refractivity contribution in [1.82, 2.24) is 15.5 Å². The van der Waals surface area contributed by atoms with Crippen LogP contribution in [0.25, 0.3) is 11.5 Å².